The smallest absolute Gasteiger partial charge is 0.322 e. The number of benzene rings is 1. The summed E-state index contributed by atoms with van der Waals surface area (Å²) in [5, 5.41) is 12.3. The lowest BCUT2D eigenvalue weighted by atomic mass is 9.99. The van der Waals surface area contributed by atoms with Crippen LogP contribution in [0, 0.1) is 5.92 Å². The molecule has 1 saturated heterocycles. The molecule has 0 radical (unpaired) electrons. The third-order valence-electron chi connectivity index (χ3n) is 5.13. The summed E-state index contributed by atoms with van der Waals surface area (Å²) < 4.78 is 32.8. The number of amides is 1. The lowest BCUT2D eigenvalue weighted by molar-refractivity contribution is -0.121. The number of piperidine rings is 1. The molecule has 2 aromatic heterocycles. The second kappa shape index (κ2) is 10.2. The first-order chi connectivity index (χ1) is 15.5. The van der Waals surface area contributed by atoms with Gasteiger partial charge in [0.05, 0.1) is 12.3 Å². The number of sulfonamides is 1. The van der Waals surface area contributed by atoms with Crippen molar-refractivity contribution in [3.05, 3.63) is 53.2 Å². The molecular formula is C21H24N4O4S3. The Kier molecular flexibility index (Phi) is 7.29. The first kappa shape index (κ1) is 23.0. The van der Waals surface area contributed by atoms with Crippen LogP contribution in [0.1, 0.15) is 31.2 Å². The third-order valence-corrected chi connectivity index (χ3v) is 9.26. The summed E-state index contributed by atoms with van der Waals surface area (Å²) in [5.41, 5.74) is 1.04. The van der Waals surface area contributed by atoms with E-state index < -0.39 is 15.9 Å². The predicted octanol–water partition coefficient (Wildman–Crippen LogP) is 3.87. The fourth-order valence-corrected chi connectivity index (χ4v) is 6.87. The molecule has 1 fully saturated rings. The molecule has 11 heteroatoms. The Morgan fingerprint density at radius 3 is 2.81 bits per heavy atom. The van der Waals surface area contributed by atoms with Crippen LogP contribution in [0.4, 0.5) is 6.01 Å². The van der Waals surface area contributed by atoms with Crippen LogP contribution in [0.25, 0.3) is 0 Å². The molecular weight excluding hydrogens is 468 g/mol. The highest BCUT2D eigenvalue weighted by molar-refractivity contribution is 7.99. The summed E-state index contributed by atoms with van der Waals surface area (Å²) >= 11 is 2.95. The van der Waals surface area contributed by atoms with E-state index in [0.29, 0.717) is 35.9 Å². The van der Waals surface area contributed by atoms with E-state index in [0.717, 1.165) is 11.3 Å². The van der Waals surface area contributed by atoms with Crippen LogP contribution in [0.15, 0.2) is 55.3 Å². The fourth-order valence-electron chi connectivity index (χ4n) is 3.54. The van der Waals surface area contributed by atoms with Crippen LogP contribution < -0.4 is 5.32 Å². The SMILES string of the molecule is CCSc1ccc(Cc2nnc(NC(=O)C3CCCN(S(=O)(=O)c4cccs4)C3)o2)cc1. The summed E-state index contributed by atoms with van der Waals surface area (Å²) in [6, 6.07) is 11.5. The van der Waals surface area contributed by atoms with Gasteiger partial charge in [-0.3, -0.25) is 10.1 Å². The van der Waals surface area contributed by atoms with Crippen LogP contribution in [-0.2, 0) is 21.2 Å². The van der Waals surface area contributed by atoms with Crippen molar-refractivity contribution in [2.75, 3.05) is 24.2 Å². The Balaban J connectivity index is 1.35. The van der Waals surface area contributed by atoms with Gasteiger partial charge in [-0.2, -0.15) is 4.31 Å². The number of anilines is 1. The van der Waals surface area contributed by atoms with Crippen molar-refractivity contribution in [3.63, 3.8) is 0 Å². The van der Waals surface area contributed by atoms with Gasteiger partial charge in [-0.05, 0) is 47.7 Å². The summed E-state index contributed by atoms with van der Waals surface area (Å²) in [7, 11) is -3.58. The van der Waals surface area contributed by atoms with Gasteiger partial charge in [0.1, 0.15) is 4.21 Å². The van der Waals surface area contributed by atoms with Crippen molar-refractivity contribution < 1.29 is 17.6 Å². The Labute approximate surface area is 195 Å². The fraction of sp³-hybridized carbons (Fsp3) is 0.381. The maximum atomic E-state index is 12.8. The quantitative estimate of drug-likeness (QED) is 0.476. The van der Waals surface area contributed by atoms with Gasteiger partial charge in [0.15, 0.2) is 0 Å². The van der Waals surface area contributed by atoms with Gasteiger partial charge in [0.2, 0.25) is 11.8 Å². The lowest BCUT2D eigenvalue weighted by Crippen LogP contribution is -2.43. The Hall–Kier alpha value is -2.21. The topological polar surface area (TPSA) is 105 Å². The number of hydrogen-bond donors (Lipinski definition) is 1. The second-order valence-electron chi connectivity index (χ2n) is 7.38. The van der Waals surface area contributed by atoms with Gasteiger partial charge in [-0.1, -0.05) is 30.2 Å². The lowest BCUT2D eigenvalue weighted by Gasteiger charge is -2.30. The molecule has 3 aromatic rings. The first-order valence-electron chi connectivity index (χ1n) is 10.3. The van der Waals surface area contributed by atoms with E-state index in [1.165, 1.54) is 20.5 Å². The minimum atomic E-state index is -3.58. The minimum absolute atomic E-state index is 0.0291. The van der Waals surface area contributed by atoms with Crippen LogP contribution in [0.5, 0.6) is 0 Å². The summed E-state index contributed by atoms with van der Waals surface area (Å²) in [6.45, 7) is 2.65. The minimum Gasteiger partial charge on any atom is -0.407 e. The molecule has 1 aliphatic rings. The van der Waals surface area contributed by atoms with Crippen LogP contribution in [-0.4, -0.2) is 47.7 Å². The Morgan fingerprint density at radius 1 is 1.28 bits per heavy atom. The van der Waals surface area contributed by atoms with Gasteiger partial charge in [0.25, 0.3) is 10.0 Å². The van der Waals surface area contributed by atoms with E-state index in [1.807, 2.05) is 12.1 Å². The molecule has 1 unspecified atom stereocenters. The molecule has 8 nitrogen and oxygen atoms in total. The van der Waals surface area contributed by atoms with E-state index in [-0.39, 0.29) is 18.5 Å². The van der Waals surface area contributed by atoms with Crippen molar-refractivity contribution in [2.45, 2.75) is 35.3 Å². The summed E-state index contributed by atoms with van der Waals surface area (Å²) in [6.07, 6.45) is 1.69. The largest absolute Gasteiger partial charge is 0.407 e. The molecule has 32 heavy (non-hydrogen) atoms. The van der Waals surface area contributed by atoms with E-state index >= 15 is 0 Å². The molecule has 1 aliphatic heterocycles. The van der Waals surface area contributed by atoms with E-state index in [9.17, 15) is 13.2 Å². The van der Waals surface area contributed by atoms with Crippen molar-refractivity contribution >= 4 is 45.0 Å². The number of aromatic nitrogens is 2. The Bertz CT molecular complexity index is 1140. The molecule has 1 amide bonds. The highest BCUT2D eigenvalue weighted by Gasteiger charge is 2.34. The molecule has 4 rings (SSSR count). The van der Waals surface area contributed by atoms with E-state index in [1.54, 1.807) is 29.3 Å². The molecule has 170 valence electrons. The number of carbonyl (C=O) groups excluding carboxylic acids is 1. The van der Waals surface area contributed by atoms with Crippen molar-refractivity contribution in [1.82, 2.24) is 14.5 Å². The van der Waals surface area contributed by atoms with Crippen molar-refractivity contribution in [2.24, 2.45) is 5.92 Å². The zero-order chi connectivity index (χ0) is 22.6. The molecule has 0 aliphatic carbocycles. The van der Waals surface area contributed by atoms with Crippen molar-refractivity contribution in [3.8, 4) is 0 Å². The standard InChI is InChI=1S/C21H24N4O4S3/c1-2-30-17-9-7-15(8-10-17)13-18-23-24-21(29-18)22-20(26)16-5-3-11-25(14-16)32(27,28)19-6-4-12-31-19/h4,6-10,12,16H,2-3,5,11,13-14H2,1H3,(H,22,24,26). The molecule has 1 aromatic carbocycles. The highest BCUT2D eigenvalue weighted by atomic mass is 32.2. The maximum absolute atomic E-state index is 12.8. The number of nitrogens with one attached hydrogen (secondary N) is 1. The van der Waals surface area contributed by atoms with E-state index in [2.05, 4.69) is 34.6 Å². The van der Waals surface area contributed by atoms with Gasteiger partial charge >= 0.3 is 6.01 Å². The highest BCUT2D eigenvalue weighted by Crippen LogP contribution is 2.27. The van der Waals surface area contributed by atoms with E-state index in [4.69, 9.17) is 4.42 Å². The average molecular weight is 493 g/mol. The number of nitrogens with zero attached hydrogens (tertiary/aromatic N) is 3. The summed E-state index contributed by atoms with van der Waals surface area (Å²) in [4.78, 5) is 13.9. The van der Waals surface area contributed by atoms with Gasteiger partial charge < -0.3 is 4.42 Å². The predicted molar refractivity (Wildman–Crippen MR) is 124 cm³/mol. The van der Waals surface area contributed by atoms with Crippen LogP contribution >= 0.6 is 23.1 Å². The number of thiophene rings is 1. The number of rotatable bonds is 8. The normalized spacial score (nSPS) is 17.3. The monoisotopic (exact) mass is 492 g/mol. The summed E-state index contributed by atoms with van der Waals surface area (Å²) in [5.74, 6) is 0.636. The number of hydrogen-bond acceptors (Lipinski definition) is 8. The third kappa shape index (κ3) is 5.40. The molecule has 1 atom stereocenters. The second-order valence-corrected chi connectivity index (χ2v) is 11.8. The van der Waals surface area contributed by atoms with Crippen molar-refractivity contribution in [1.29, 1.82) is 0 Å². The molecule has 0 spiro atoms. The average Bonchev–Trinajstić information content (AvgIpc) is 3.48. The molecule has 0 bridgehead atoms. The first-order valence-corrected chi connectivity index (χ1v) is 13.6. The number of thioether (sulfide) groups is 1. The number of carbonyl (C=O) groups is 1. The molecule has 3 heterocycles. The zero-order valence-corrected chi connectivity index (χ0v) is 20.0. The van der Waals surface area contributed by atoms with Gasteiger partial charge in [-0.25, -0.2) is 8.42 Å². The Morgan fingerprint density at radius 2 is 2.09 bits per heavy atom. The van der Waals surface area contributed by atoms with Gasteiger partial charge in [-0.15, -0.1) is 28.2 Å². The van der Waals surface area contributed by atoms with Crippen LogP contribution in [0.3, 0.4) is 0 Å². The maximum Gasteiger partial charge on any atom is 0.322 e. The zero-order valence-electron chi connectivity index (χ0n) is 17.6. The molecule has 1 N–H and O–H groups in total. The molecule has 0 saturated carbocycles. The van der Waals surface area contributed by atoms with Gasteiger partial charge in [0, 0.05) is 18.0 Å². The van der Waals surface area contributed by atoms with Crippen LogP contribution in [0.2, 0.25) is 0 Å².